The molecule has 1 aliphatic rings. The molecule has 1 aliphatic heterocycles. The lowest BCUT2D eigenvalue weighted by atomic mass is 10.1. The number of piperidine rings is 1. The summed E-state index contributed by atoms with van der Waals surface area (Å²) in [5.41, 5.74) is 0.455. The standard InChI is InChI=1S/C13H17Cl2N3O/c1-18-7-5-9(6-8-18)16-13(19)17-12-10(14)3-2-4-11(12)15/h2-4,9H,5-8H2,1H3,(H2,16,17,19). The zero-order chi connectivity index (χ0) is 13.8. The number of benzene rings is 1. The average Bonchev–Trinajstić information content (AvgIpc) is 2.37. The van der Waals surface area contributed by atoms with Crippen LogP contribution in [-0.4, -0.2) is 37.1 Å². The van der Waals surface area contributed by atoms with Crippen LogP contribution in [0.3, 0.4) is 0 Å². The number of anilines is 1. The Morgan fingerprint density at radius 1 is 1.26 bits per heavy atom. The lowest BCUT2D eigenvalue weighted by molar-refractivity contribution is 0.221. The molecular formula is C13H17Cl2N3O. The minimum Gasteiger partial charge on any atom is -0.335 e. The number of carbonyl (C=O) groups is 1. The summed E-state index contributed by atoms with van der Waals surface area (Å²) < 4.78 is 0. The number of nitrogens with zero attached hydrogens (tertiary/aromatic N) is 1. The Labute approximate surface area is 123 Å². The van der Waals surface area contributed by atoms with Gasteiger partial charge in [-0.15, -0.1) is 0 Å². The minimum absolute atomic E-state index is 0.206. The molecule has 1 heterocycles. The highest BCUT2D eigenvalue weighted by molar-refractivity contribution is 6.39. The molecule has 6 heteroatoms. The van der Waals surface area contributed by atoms with Crippen LogP contribution in [-0.2, 0) is 0 Å². The first-order valence-electron chi connectivity index (χ1n) is 6.26. The number of hydrogen-bond donors (Lipinski definition) is 2. The van der Waals surface area contributed by atoms with Gasteiger partial charge >= 0.3 is 6.03 Å². The topological polar surface area (TPSA) is 44.4 Å². The van der Waals surface area contributed by atoms with Gasteiger partial charge in [-0.05, 0) is 45.1 Å². The molecule has 0 bridgehead atoms. The van der Waals surface area contributed by atoms with E-state index in [9.17, 15) is 4.79 Å². The van der Waals surface area contributed by atoms with Crippen LogP contribution in [0.5, 0.6) is 0 Å². The van der Waals surface area contributed by atoms with Gasteiger partial charge in [-0.3, -0.25) is 0 Å². The van der Waals surface area contributed by atoms with Crippen molar-refractivity contribution in [1.82, 2.24) is 10.2 Å². The Hall–Kier alpha value is -0.970. The SMILES string of the molecule is CN1CCC(NC(=O)Nc2c(Cl)cccc2Cl)CC1. The van der Waals surface area contributed by atoms with Crippen molar-refractivity contribution in [2.75, 3.05) is 25.5 Å². The molecule has 19 heavy (non-hydrogen) atoms. The monoisotopic (exact) mass is 301 g/mol. The van der Waals surface area contributed by atoms with E-state index in [0.717, 1.165) is 25.9 Å². The van der Waals surface area contributed by atoms with E-state index >= 15 is 0 Å². The number of para-hydroxylation sites is 1. The van der Waals surface area contributed by atoms with Gasteiger partial charge in [0.05, 0.1) is 15.7 Å². The number of rotatable bonds is 2. The van der Waals surface area contributed by atoms with Crippen molar-refractivity contribution in [2.45, 2.75) is 18.9 Å². The summed E-state index contributed by atoms with van der Waals surface area (Å²) in [7, 11) is 2.08. The van der Waals surface area contributed by atoms with Crippen LogP contribution in [0.15, 0.2) is 18.2 Å². The number of urea groups is 1. The Bertz CT molecular complexity index is 439. The van der Waals surface area contributed by atoms with E-state index in [2.05, 4.69) is 22.6 Å². The average molecular weight is 302 g/mol. The Balaban J connectivity index is 1.91. The summed E-state index contributed by atoms with van der Waals surface area (Å²) in [5, 5.41) is 6.53. The summed E-state index contributed by atoms with van der Waals surface area (Å²) in [6.07, 6.45) is 1.92. The summed E-state index contributed by atoms with van der Waals surface area (Å²) in [6.45, 7) is 2.00. The molecule has 0 unspecified atom stereocenters. The van der Waals surface area contributed by atoms with Crippen LogP contribution in [0.2, 0.25) is 10.0 Å². The van der Waals surface area contributed by atoms with E-state index in [1.54, 1.807) is 18.2 Å². The zero-order valence-corrected chi connectivity index (χ0v) is 12.3. The van der Waals surface area contributed by atoms with Gasteiger partial charge in [0, 0.05) is 6.04 Å². The first kappa shape index (κ1) is 14.4. The number of hydrogen-bond acceptors (Lipinski definition) is 2. The minimum atomic E-state index is -0.260. The lowest BCUT2D eigenvalue weighted by Gasteiger charge is -2.29. The largest absolute Gasteiger partial charge is 0.335 e. The number of nitrogens with one attached hydrogen (secondary N) is 2. The maximum Gasteiger partial charge on any atom is 0.319 e. The summed E-state index contributed by atoms with van der Waals surface area (Å²) in [6, 6.07) is 5.07. The molecule has 0 spiro atoms. The Morgan fingerprint density at radius 2 is 1.84 bits per heavy atom. The molecule has 1 aromatic rings. The van der Waals surface area contributed by atoms with Crippen LogP contribution >= 0.6 is 23.2 Å². The third-order valence-electron chi connectivity index (χ3n) is 3.26. The predicted molar refractivity (Wildman–Crippen MR) is 79.1 cm³/mol. The van der Waals surface area contributed by atoms with Gasteiger partial charge in [0.1, 0.15) is 0 Å². The van der Waals surface area contributed by atoms with Crippen molar-refractivity contribution in [3.63, 3.8) is 0 Å². The molecule has 0 saturated carbocycles. The van der Waals surface area contributed by atoms with E-state index in [1.807, 2.05) is 0 Å². The van der Waals surface area contributed by atoms with Crippen LogP contribution in [0.4, 0.5) is 10.5 Å². The Kier molecular flexibility index (Phi) is 4.91. The van der Waals surface area contributed by atoms with Gasteiger partial charge < -0.3 is 15.5 Å². The number of amides is 2. The normalized spacial score (nSPS) is 17.2. The second-order valence-corrected chi connectivity index (χ2v) is 5.59. The van der Waals surface area contributed by atoms with Crippen molar-refractivity contribution in [3.8, 4) is 0 Å². The molecule has 1 aromatic carbocycles. The van der Waals surface area contributed by atoms with Crippen LogP contribution in [0, 0.1) is 0 Å². The molecule has 1 fully saturated rings. The lowest BCUT2D eigenvalue weighted by Crippen LogP contribution is -2.44. The van der Waals surface area contributed by atoms with Gasteiger partial charge in [0.15, 0.2) is 0 Å². The smallest absolute Gasteiger partial charge is 0.319 e. The van der Waals surface area contributed by atoms with Gasteiger partial charge in [0.2, 0.25) is 0 Å². The Morgan fingerprint density at radius 3 is 2.42 bits per heavy atom. The highest BCUT2D eigenvalue weighted by atomic mass is 35.5. The molecule has 2 rings (SSSR count). The van der Waals surface area contributed by atoms with Crippen molar-refractivity contribution in [1.29, 1.82) is 0 Å². The van der Waals surface area contributed by atoms with Crippen molar-refractivity contribution in [3.05, 3.63) is 28.2 Å². The maximum absolute atomic E-state index is 11.9. The molecule has 1 saturated heterocycles. The van der Waals surface area contributed by atoms with Gasteiger partial charge in [-0.1, -0.05) is 29.3 Å². The molecular weight excluding hydrogens is 285 g/mol. The van der Waals surface area contributed by atoms with Crippen molar-refractivity contribution < 1.29 is 4.79 Å². The fraction of sp³-hybridized carbons (Fsp3) is 0.462. The number of carbonyl (C=O) groups excluding carboxylic acids is 1. The fourth-order valence-corrected chi connectivity index (χ4v) is 2.60. The highest BCUT2D eigenvalue weighted by Gasteiger charge is 2.19. The highest BCUT2D eigenvalue weighted by Crippen LogP contribution is 2.29. The second-order valence-electron chi connectivity index (χ2n) is 4.77. The number of halogens is 2. The van der Waals surface area contributed by atoms with Crippen LogP contribution in [0.25, 0.3) is 0 Å². The van der Waals surface area contributed by atoms with Crippen molar-refractivity contribution >= 4 is 34.9 Å². The molecule has 0 radical (unpaired) electrons. The second kappa shape index (κ2) is 6.46. The van der Waals surface area contributed by atoms with Crippen molar-refractivity contribution in [2.24, 2.45) is 0 Å². The van der Waals surface area contributed by atoms with Crippen LogP contribution in [0.1, 0.15) is 12.8 Å². The van der Waals surface area contributed by atoms with E-state index in [0.29, 0.717) is 15.7 Å². The molecule has 2 N–H and O–H groups in total. The van der Waals surface area contributed by atoms with Gasteiger partial charge in [0.25, 0.3) is 0 Å². The van der Waals surface area contributed by atoms with Gasteiger partial charge in [-0.25, -0.2) is 4.79 Å². The van der Waals surface area contributed by atoms with E-state index in [1.165, 1.54) is 0 Å². The predicted octanol–water partition coefficient (Wildman–Crippen LogP) is 3.21. The molecule has 0 aromatic heterocycles. The quantitative estimate of drug-likeness (QED) is 0.881. The zero-order valence-electron chi connectivity index (χ0n) is 10.7. The molecule has 104 valence electrons. The summed E-state index contributed by atoms with van der Waals surface area (Å²) in [4.78, 5) is 14.2. The first-order valence-corrected chi connectivity index (χ1v) is 7.02. The third kappa shape index (κ3) is 4.00. The maximum atomic E-state index is 11.9. The fourth-order valence-electron chi connectivity index (χ4n) is 2.11. The van der Waals surface area contributed by atoms with Gasteiger partial charge in [-0.2, -0.15) is 0 Å². The van der Waals surface area contributed by atoms with E-state index in [-0.39, 0.29) is 12.1 Å². The number of likely N-dealkylation sites (tertiary alicyclic amines) is 1. The molecule has 0 aliphatic carbocycles. The first-order chi connectivity index (χ1) is 9.06. The van der Waals surface area contributed by atoms with E-state index < -0.39 is 0 Å². The summed E-state index contributed by atoms with van der Waals surface area (Å²) in [5.74, 6) is 0. The molecule has 4 nitrogen and oxygen atoms in total. The molecule has 0 atom stereocenters. The molecule has 2 amide bonds. The third-order valence-corrected chi connectivity index (χ3v) is 3.89. The summed E-state index contributed by atoms with van der Waals surface area (Å²) >= 11 is 12.0. The van der Waals surface area contributed by atoms with Crippen LogP contribution < -0.4 is 10.6 Å². The van der Waals surface area contributed by atoms with E-state index in [4.69, 9.17) is 23.2 Å².